The van der Waals surface area contributed by atoms with Crippen LogP contribution in [0.1, 0.15) is 21.7 Å². The maximum atomic E-state index is 13.7. The number of carbonyl (C=O) groups is 1. The van der Waals surface area contributed by atoms with E-state index >= 15 is 0 Å². The van der Waals surface area contributed by atoms with E-state index in [0.29, 0.717) is 5.52 Å². The largest absolute Gasteiger partial charge is 0.331 e. The second-order valence-corrected chi connectivity index (χ2v) is 5.86. The van der Waals surface area contributed by atoms with Crippen molar-refractivity contribution in [1.82, 2.24) is 19.5 Å². The molecule has 4 aromatic rings. The van der Waals surface area contributed by atoms with E-state index in [1.165, 1.54) is 6.20 Å². The molecular weight excluding hydrogens is 345 g/mol. The molecule has 2 aromatic heterocycles. The lowest BCUT2D eigenvalue weighted by Crippen LogP contribution is -2.14. The van der Waals surface area contributed by atoms with Crippen LogP contribution in [0.15, 0.2) is 54.8 Å². The van der Waals surface area contributed by atoms with Gasteiger partial charge in [-0.15, -0.1) is 0 Å². The fraction of sp³-hybridized carbons (Fsp3) is 0.100. The Labute approximate surface area is 160 Å². The van der Waals surface area contributed by atoms with Gasteiger partial charge in [0.2, 0.25) is 5.95 Å². The Morgan fingerprint density at radius 1 is 1.19 bits per heavy atom. The van der Waals surface area contributed by atoms with Gasteiger partial charge in [0.15, 0.2) is 0 Å². The van der Waals surface area contributed by atoms with Crippen LogP contribution in [-0.2, 0) is 7.05 Å². The van der Waals surface area contributed by atoms with E-state index in [9.17, 15) is 9.18 Å². The van der Waals surface area contributed by atoms with Crippen molar-refractivity contribution >= 4 is 22.8 Å². The first-order valence-electron chi connectivity index (χ1n) is 10.0. The highest BCUT2D eigenvalue weighted by molar-refractivity contribution is 6.03. The van der Waals surface area contributed by atoms with Gasteiger partial charge in [0.05, 0.1) is 22.9 Å². The lowest BCUT2D eigenvalue weighted by Gasteiger charge is -2.07. The third-order valence-corrected chi connectivity index (χ3v) is 4.15. The summed E-state index contributed by atoms with van der Waals surface area (Å²) in [4.78, 5) is 25.3. The summed E-state index contributed by atoms with van der Waals surface area (Å²) in [6.07, 6.45) is 3.26. The number of imidazole rings is 1. The molecule has 7 heteroatoms. The summed E-state index contributed by atoms with van der Waals surface area (Å²) in [6, 6.07) is 2.18. The molecule has 0 radical (unpaired) electrons. The Bertz CT molecular complexity index is 1340. The third kappa shape index (κ3) is 3.27. The van der Waals surface area contributed by atoms with E-state index in [1.807, 2.05) is 36.7 Å². The van der Waals surface area contributed by atoms with Crippen molar-refractivity contribution in [2.75, 3.05) is 5.32 Å². The molecule has 0 saturated carbocycles. The number of nitrogens with one attached hydrogen (secondary N) is 1. The number of anilines is 1. The van der Waals surface area contributed by atoms with Crippen LogP contribution in [0.4, 0.5) is 10.3 Å². The maximum absolute atomic E-state index is 13.7. The number of amides is 1. The maximum Gasteiger partial charge on any atom is 0.258 e. The Morgan fingerprint density at radius 2 is 1.96 bits per heavy atom. The Balaban J connectivity index is 1.71. The number of halogens is 1. The van der Waals surface area contributed by atoms with E-state index in [0.717, 1.165) is 22.5 Å². The normalized spacial score (nSPS) is 13.0. The highest BCUT2D eigenvalue weighted by Gasteiger charge is 2.10. The smallest absolute Gasteiger partial charge is 0.258 e. The fourth-order valence-electron chi connectivity index (χ4n) is 2.59. The summed E-state index contributed by atoms with van der Waals surface area (Å²) in [5, 5.41) is 3.10. The van der Waals surface area contributed by atoms with E-state index in [1.54, 1.807) is 6.20 Å². The number of carbonyl (C=O) groups excluding carboxylic acids is 1. The molecule has 1 amide bonds. The standard InChI is InChI=1S/C20H16FN5O/c1-12-22-11-18(26(12)2)14-3-4-15-10-23-20(24-17(15)9-14)25-19(27)13-5-7-16(21)8-6-13/h3-11H,1-2H3,(H,23,24,25,27)/i5D,6D,7D,8D. The molecule has 0 bridgehead atoms. The Hall–Kier alpha value is -3.61. The zero-order valence-corrected chi connectivity index (χ0v) is 14.5. The Kier molecular flexibility index (Phi) is 3.10. The number of aryl methyl sites for hydroxylation is 1. The van der Waals surface area contributed by atoms with Crippen LogP contribution in [-0.4, -0.2) is 25.4 Å². The predicted molar refractivity (Wildman–Crippen MR) is 101 cm³/mol. The van der Waals surface area contributed by atoms with Crippen LogP contribution in [0.2, 0.25) is 0 Å². The van der Waals surface area contributed by atoms with Crippen molar-refractivity contribution in [3.63, 3.8) is 0 Å². The van der Waals surface area contributed by atoms with Crippen molar-refractivity contribution in [2.45, 2.75) is 6.92 Å². The average Bonchev–Trinajstić information content (AvgIpc) is 3.09. The fourth-order valence-corrected chi connectivity index (χ4v) is 2.59. The van der Waals surface area contributed by atoms with Gasteiger partial charge < -0.3 is 4.57 Å². The monoisotopic (exact) mass is 365 g/mol. The number of aromatic nitrogens is 4. The number of rotatable bonds is 3. The van der Waals surface area contributed by atoms with Crippen molar-refractivity contribution in [3.05, 3.63) is 72.0 Å². The molecule has 0 spiro atoms. The van der Waals surface area contributed by atoms with Gasteiger partial charge in [-0.1, -0.05) is 12.1 Å². The summed E-state index contributed by atoms with van der Waals surface area (Å²) in [5.74, 6) is -1.51. The molecule has 0 aliphatic rings. The minimum Gasteiger partial charge on any atom is -0.331 e. The molecule has 27 heavy (non-hydrogen) atoms. The SMILES string of the molecule is [2H]c1c([2H])c(C(=O)Nc2ncc3ccc(-c4cnc(C)n4C)cc3n2)c([2H])c([2H])c1F. The molecule has 0 unspecified atom stereocenters. The van der Waals surface area contributed by atoms with Crippen molar-refractivity contribution in [3.8, 4) is 11.3 Å². The summed E-state index contributed by atoms with van der Waals surface area (Å²) in [7, 11) is 1.90. The van der Waals surface area contributed by atoms with Crippen LogP contribution >= 0.6 is 0 Å². The van der Waals surface area contributed by atoms with Gasteiger partial charge in [0.25, 0.3) is 5.91 Å². The van der Waals surface area contributed by atoms with Gasteiger partial charge in [-0.2, -0.15) is 0 Å². The van der Waals surface area contributed by atoms with Crippen molar-refractivity contribution < 1.29 is 14.7 Å². The first-order chi connectivity index (χ1) is 14.7. The van der Waals surface area contributed by atoms with Gasteiger partial charge in [0.1, 0.15) is 11.6 Å². The second kappa shape index (κ2) is 6.60. The van der Waals surface area contributed by atoms with Gasteiger partial charge in [-0.05, 0) is 37.2 Å². The lowest BCUT2D eigenvalue weighted by molar-refractivity contribution is 0.102. The summed E-state index contributed by atoms with van der Waals surface area (Å²) in [5.41, 5.74) is 1.71. The molecule has 6 nitrogen and oxygen atoms in total. The quantitative estimate of drug-likeness (QED) is 0.600. The first kappa shape index (κ1) is 12.7. The number of nitrogens with zero attached hydrogens (tertiary/aromatic N) is 4. The highest BCUT2D eigenvalue weighted by atomic mass is 19.1. The van der Waals surface area contributed by atoms with E-state index in [2.05, 4.69) is 20.3 Å². The topological polar surface area (TPSA) is 72.7 Å². The molecular formula is C20H16FN5O. The Morgan fingerprint density at radius 3 is 2.67 bits per heavy atom. The molecule has 0 aliphatic heterocycles. The first-order valence-corrected chi connectivity index (χ1v) is 8.01. The van der Waals surface area contributed by atoms with E-state index in [-0.39, 0.29) is 5.95 Å². The van der Waals surface area contributed by atoms with Crippen LogP contribution in [0.3, 0.4) is 0 Å². The van der Waals surface area contributed by atoms with Gasteiger partial charge in [-0.3, -0.25) is 10.1 Å². The number of benzene rings is 2. The molecule has 1 N–H and O–H groups in total. The molecule has 134 valence electrons. The zero-order valence-electron chi connectivity index (χ0n) is 18.5. The molecule has 0 saturated heterocycles. The van der Waals surface area contributed by atoms with Gasteiger partial charge in [0, 0.05) is 29.8 Å². The molecule has 0 fully saturated rings. The minimum atomic E-state index is -1.31. The van der Waals surface area contributed by atoms with Crippen LogP contribution in [0, 0.1) is 12.7 Å². The van der Waals surface area contributed by atoms with Crippen LogP contribution < -0.4 is 5.32 Å². The lowest BCUT2D eigenvalue weighted by atomic mass is 10.1. The summed E-state index contributed by atoms with van der Waals surface area (Å²) in [6.45, 7) is 1.89. The van der Waals surface area contributed by atoms with Gasteiger partial charge >= 0.3 is 0 Å². The van der Waals surface area contributed by atoms with E-state index < -0.39 is 41.5 Å². The van der Waals surface area contributed by atoms with Crippen molar-refractivity contribution in [2.24, 2.45) is 7.05 Å². The third-order valence-electron chi connectivity index (χ3n) is 4.15. The number of hydrogen-bond donors (Lipinski definition) is 1. The summed E-state index contributed by atoms with van der Waals surface area (Å²) < 4.78 is 46.4. The average molecular weight is 365 g/mol. The molecule has 2 aromatic carbocycles. The predicted octanol–water partition coefficient (Wildman–Crippen LogP) is 3.73. The van der Waals surface area contributed by atoms with Crippen LogP contribution in [0.25, 0.3) is 22.2 Å². The minimum absolute atomic E-state index is 0.0861. The summed E-state index contributed by atoms with van der Waals surface area (Å²) >= 11 is 0. The molecule has 0 atom stereocenters. The zero-order chi connectivity index (χ0) is 22.4. The van der Waals surface area contributed by atoms with E-state index in [4.69, 9.17) is 5.48 Å². The second-order valence-electron chi connectivity index (χ2n) is 5.86. The number of hydrogen-bond acceptors (Lipinski definition) is 4. The number of fused-ring (bicyclic) bond motifs is 1. The van der Waals surface area contributed by atoms with Crippen LogP contribution in [0.5, 0.6) is 0 Å². The molecule has 4 rings (SSSR count). The van der Waals surface area contributed by atoms with Crippen molar-refractivity contribution in [1.29, 1.82) is 0 Å². The van der Waals surface area contributed by atoms with Gasteiger partial charge in [-0.25, -0.2) is 19.3 Å². The molecule has 2 heterocycles. The molecule has 0 aliphatic carbocycles. The highest BCUT2D eigenvalue weighted by Crippen LogP contribution is 2.24.